The Morgan fingerprint density at radius 3 is 2.42 bits per heavy atom. The van der Waals surface area contributed by atoms with E-state index in [1.165, 1.54) is 22.4 Å². The number of nitrogens with zero attached hydrogens (tertiary/aromatic N) is 5. The number of hydrogen-bond acceptors (Lipinski definition) is 6. The molecule has 3 aromatic heterocycles. The van der Waals surface area contributed by atoms with Crippen molar-refractivity contribution in [3.63, 3.8) is 0 Å². The van der Waals surface area contributed by atoms with Gasteiger partial charge in [0.25, 0.3) is 10.0 Å². The number of hydrogen-bond donors (Lipinski definition) is 0. The van der Waals surface area contributed by atoms with Crippen LogP contribution in [0.1, 0.15) is 37.2 Å². The van der Waals surface area contributed by atoms with Crippen LogP contribution in [0.3, 0.4) is 0 Å². The Morgan fingerprint density at radius 1 is 0.972 bits per heavy atom. The van der Waals surface area contributed by atoms with Crippen LogP contribution in [-0.2, 0) is 21.8 Å². The summed E-state index contributed by atoms with van der Waals surface area (Å²) in [5.41, 5.74) is 3.33. The Morgan fingerprint density at radius 2 is 1.72 bits per heavy atom. The number of morpholine rings is 1. The van der Waals surface area contributed by atoms with Gasteiger partial charge in [0.15, 0.2) is 5.65 Å². The fraction of sp³-hybridized carbons (Fsp3) is 0.407. The van der Waals surface area contributed by atoms with Gasteiger partial charge >= 0.3 is 0 Å². The molecule has 0 N–H and O–H groups in total. The molecule has 0 spiro atoms. The number of ether oxygens (including phenoxy) is 1. The normalized spacial score (nSPS) is 21.7. The Labute approximate surface area is 211 Å². The van der Waals surface area contributed by atoms with Gasteiger partial charge < -0.3 is 4.74 Å². The molecule has 1 aliphatic carbocycles. The van der Waals surface area contributed by atoms with Gasteiger partial charge in [-0.3, -0.25) is 9.58 Å². The highest BCUT2D eigenvalue weighted by Gasteiger charge is 2.29. The summed E-state index contributed by atoms with van der Waals surface area (Å²) in [5.74, 6) is 0.426. The number of pyridine rings is 1. The van der Waals surface area contributed by atoms with Gasteiger partial charge in [0, 0.05) is 61.3 Å². The lowest BCUT2D eigenvalue weighted by Crippen LogP contribution is -2.44. The second-order valence-corrected chi connectivity index (χ2v) is 11.7. The summed E-state index contributed by atoms with van der Waals surface area (Å²) in [6.07, 6.45) is 11.8. The van der Waals surface area contributed by atoms with Crippen molar-refractivity contribution in [1.82, 2.24) is 23.6 Å². The predicted molar refractivity (Wildman–Crippen MR) is 138 cm³/mol. The second-order valence-electron chi connectivity index (χ2n) is 9.85. The summed E-state index contributed by atoms with van der Waals surface area (Å²) >= 11 is 0. The van der Waals surface area contributed by atoms with E-state index in [0.29, 0.717) is 17.6 Å². The highest BCUT2D eigenvalue weighted by atomic mass is 32.2. The molecule has 0 unspecified atom stereocenters. The van der Waals surface area contributed by atoms with E-state index in [4.69, 9.17) is 9.72 Å². The molecule has 2 aliphatic rings. The van der Waals surface area contributed by atoms with Gasteiger partial charge in [-0.2, -0.15) is 5.10 Å². The first kappa shape index (κ1) is 23.4. The van der Waals surface area contributed by atoms with Crippen LogP contribution in [0.4, 0.5) is 0 Å². The number of aromatic nitrogens is 4. The molecular formula is C27H31N5O3S. The van der Waals surface area contributed by atoms with Gasteiger partial charge in [-0.25, -0.2) is 17.4 Å². The molecule has 6 rings (SSSR count). The van der Waals surface area contributed by atoms with Crippen LogP contribution in [0, 0.1) is 0 Å². The standard InChI is InChI=1S/C27H31N5O3S/c1-30-18-22(17-29-30)26-19-32(36(33,34)24-5-3-2-4-6-24)27-25(26)15-21(16-28-27)20-7-9-23(10-8-20)31-11-13-35-14-12-31/h2-6,15-20,23H,7-14H2,1H3. The molecule has 2 fully saturated rings. The van der Waals surface area contributed by atoms with Crippen LogP contribution in [0.25, 0.3) is 22.2 Å². The molecule has 1 aromatic carbocycles. The van der Waals surface area contributed by atoms with Crippen LogP contribution in [-0.4, -0.2) is 64.4 Å². The maximum Gasteiger partial charge on any atom is 0.269 e. The largest absolute Gasteiger partial charge is 0.379 e. The molecule has 4 heterocycles. The first-order valence-corrected chi connectivity index (χ1v) is 14.1. The lowest BCUT2D eigenvalue weighted by Gasteiger charge is -2.38. The molecule has 9 heteroatoms. The van der Waals surface area contributed by atoms with Crippen molar-refractivity contribution in [2.75, 3.05) is 26.3 Å². The Hall–Kier alpha value is -3.01. The number of fused-ring (bicyclic) bond motifs is 1. The van der Waals surface area contributed by atoms with Gasteiger partial charge in [0.2, 0.25) is 0 Å². The van der Waals surface area contributed by atoms with E-state index in [1.807, 2.05) is 25.5 Å². The molecule has 1 saturated carbocycles. The molecule has 0 radical (unpaired) electrons. The number of aryl methyl sites for hydroxylation is 1. The highest BCUT2D eigenvalue weighted by molar-refractivity contribution is 7.90. The molecular weight excluding hydrogens is 474 g/mol. The third kappa shape index (κ3) is 4.25. The number of benzene rings is 1. The molecule has 0 atom stereocenters. The quantitative estimate of drug-likeness (QED) is 0.407. The van der Waals surface area contributed by atoms with Gasteiger partial charge in [-0.1, -0.05) is 18.2 Å². The summed E-state index contributed by atoms with van der Waals surface area (Å²) in [7, 11) is -1.93. The number of rotatable bonds is 5. The zero-order valence-corrected chi connectivity index (χ0v) is 21.3. The van der Waals surface area contributed by atoms with Crippen LogP contribution >= 0.6 is 0 Å². The molecule has 4 aromatic rings. The van der Waals surface area contributed by atoms with Crippen molar-refractivity contribution < 1.29 is 13.2 Å². The average Bonchev–Trinajstić information content (AvgIpc) is 3.53. The molecule has 188 valence electrons. The van der Waals surface area contributed by atoms with Crippen LogP contribution in [0.15, 0.2) is 66.1 Å². The third-order valence-electron chi connectivity index (χ3n) is 7.68. The van der Waals surface area contributed by atoms with Crippen LogP contribution < -0.4 is 0 Å². The van der Waals surface area contributed by atoms with Crippen molar-refractivity contribution in [1.29, 1.82) is 0 Å². The smallest absolute Gasteiger partial charge is 0.269 e. The fourth-order valence-electron chi connectivity index (χ4n) is 5.72. The van der Waals surface area contributed by atoms with E-state index < -0.39 is 10.0 Å². The van der Waals surface area contributed by atoms with Crippen molar-refractivity contribution in [3.05, 3.63) is 66.7 Å². The summed E-state index contributed by atoms with van der Waals surface area (Å²) in [4.78, 5) is 7.56. The molecule has 36 heavy (non-hydrogen) atoms. The summed E-state index contributed by atoms with van der Waals surface area (Å²) < 4.78 is 35.7. The SMILES string of the molecule is Cn1cc(-c2cn(S(=O)(=O)c3ccccc3)c3ncc(C4CCC(N5CCOCC5)CC4)cc23)cn1. The lowest BCUT2D eigenvalue weighted by atomic mass is 9.81. The Kier molecular flexibility index (Phi) is 6.15. The summed E-state index contributed by atoms with van der Waals surface area (Å²) in [6, 6.07) is 11.3. The second kappa shape index (κ2) is 9.46. The molecule has 0 bridgehead atoms. The van der Waals surface area contributed by atoms with Crippen molar-refractivity contribution in [3.8, 4) is 11.1 Å². The van der Waals surface area contributed by atoms with Crippen LogP contribution in [0.5, 0.6) is 0 Å². The molecule has 1 saturated heterocycles. The average molecular weight is 506 g/mol. The van der Waals surface area contributed by atoms with Gasteiger partial charge in [0.05, 0.1) is 24.3 Å². The summed E-state index contributed by atoms with van der Waals surface area (Å²) in [6.45, 7) is 3.72. The first-order valence-electron chi connectivity index (χ1n) is 12.6. The zero-order valence-electron chi connectivity index (χ0n) is 20.5. The topological polar surface area (TPSA) is 82.2 Å². The van der Waals surface area contributed by atoms with Crippen molar-refractivity contribution in [2.24, 2.45) is 7.05 Å². The van der Waals surface area contributed by atoms with Crippen LogP contribution in [0.2, 0.25) is 0 Å². The van der Waals surface area contributed by atoms with Gasteiger partial charge in [-0.15, -0.1) is 0 Å². The highest BCUT2D eigenvalue weighted by Crippen LogP contribution is 2.38. The van der Waals surface area contributed by atoms with Crippen molar-refractivity contribution >= 4 is 21.1 Å². The Bertz CT molecular complexity index is 1460. The van der Waals surface area contributed by atoms with Gasteiger partial charge in [0.1, 0.15) is 0 Å². The zero-order chi connectivity index (χ0) is 24.7. The molecule has 0 amide bonds. The minimum absolute atomic E-state index is 0.243. The van der Waals surface area contributed by atoms with E-state index in [9.17, 15) is 8.42 Å². The minimum atomic E-state index is -3.79. The lowest BCUT2D eigenvalue weighted by molar-refractivity contribution is 0.00729. The first-order chi connectivity index (χ1) is 17.5. The summed E-state index contributed by atoms with van der Waals surface area (Å²) in [5, 5.41) is 5.16. The maximum atomic E-state index is 13.6. The predicted octanol–water partition coefficient (Wildman–Crippen LogP) is 4.03. The van der Waals surface area contributed by atoms with E-state index in [1.54, 1.807) is 41.3 Å². The minimum Gasteiger partial charge on any atom is -0.379 e. The van der Waals surface area contributed by atoms with E-state index in [0.717, 1.165) is 55.7 Å². The fourth-order valence-corrected chi connectivity index (χ4v) is 7.06. The molecule has 8 nitrogen and oxygen atoms in total. The monoisotopic (exact) mass is 505 g/mol. The van der Waals surface area contributed by atoms with E-state index in [2.05, 4.69) is 16.1 Å². The third-order valence-corrected chi connectivity index (χ3v) is 9.34. The van der Waals surface area contributed by atoms with Gasteiger partial charge in [-0.05, 0) is 55.4 Å². The Balaban J connectivity index is 1.36. The van der Waals surface area contributed by atoms with E-state index in [-0.39, 0.29) is 4.90 Å². The van der Waals surface area contributed by atoms with Crippen molar-refractivity contribution in [2.45, 2.75) is 42.5 Å². The molecule has 1 aliphatic heterocycles. The maximum absolute atomic E-state index is 13.6. The van der Waals surface area contributed by atoms with E-state index >= 15 is 0 Å².